The second-order valence-electron chi connectivity index (χ2n) is 6.72. The third kappa shape index (κ3) is 4.87. The fourth-order valence-electron chi connectivity index (χ4n) is 3.03. The number of anilines is 1. The van der Waals surface area contributed by atoms with Crippen LogP contribution in [0.5, 0.6) is 0 Å². The molecule has 0 saturated heterocycles. The van der Waals surface area contributed by atoms with Crippen LogP contribution in [-0.4, -0.2) is 35.8 Å². The van der Waals surface area contributed by atoms with Gasteiger partial charge in [0.15, 0.2) is 5.13 Å². The zero-order chi connectivity index (χ0) is 22.6. The second kappa shape index (κ2) is 9.33. The maximum absolute atomic E-state index is 13.3. The molecule has 0 radical (unpaired) electrons. The van der Waals surface area contributed by atoms with Crippen molar-refractivity contribution in [1.29, 1.82) is 0 Å². The van der Waals surface area contributed by atoms with Gasteiger partial charge in [0.25, 0.3) is 10.0 Å². The van der Waals surface area contributed by atoms with Gasteiger partial charge in [-0.3, -0.25) is 9.52 Å². The van der Waals surface area contributed by atoms with Crippen molar-refractivity contribution >= 4 is 32.5 Å². The Morgan fingerprint density at radius 2 is 1.78 bits per heavy atom. The summed E-state index contributed by atoms with van der Waals surface area (Å²) in [5, 5.41) is 6.33. The number of para-hydroxylation sites is 1. The zero-order valence-corrected chi connectivity index (χ0v) is 18.8. The second-order valence-corrected chi connectivity index (χ2v) is 9.23. The molecule has 0 bridgehead atoms. The molecule has 0 saturated carbocycles. The molecule has 164 valence electrons. The first-order chi connectivity index (χ1) is 15.5. The highest BCUT2D eigenvalue weighted by Gasteiger charge is 2.25. The van der Waals surface area contributed by atoms with Gasteiger partial charge >= 0.3 is 5.97 Å². The van der Waals surface area contributed by atoms with E-state index in [1.807, 2.05) is 48.5 Å². The Hall–Kier alpha value is -3.50. The summed E-state index contributed by atoms with van der Waals surface area (Å²) in [6.07, 6.45) is 1.46. The molecule has 0 aliphatic rings. The minimum Gasteiger partial charge on any atom is -0.466 e. The summed E-state index contributed by atoms with van der Waals surface area (Å²) in [6.45, 7) is 1.99. The van der Waals surface area contributed by atoms with Crippen LogP contribution in [0.25, 0.3) is 16.9 Å². The third-order valence-electron chi connectivity index (χ3n) is 4.44. The molecule has 0 fully saturated rings. The maximum Gasteiger partial charge on any atom is 0.311 e. The van der Waals surface area contributed by atoms with Crippen molar-refractivity contribution in [1.82, 2.24) is 14.8 Å². The molecule has 2 heterocycles. The Morgan fingerprint density at radius 1 is 1.09 bits per heavy atom. The highest BCUT2D eigenvalue weighted by molar-refractivity contribution is 7.93. The molecular weight excluding hydrogens is 448 g/mol. The van der Waals surface area contributed by atoms with Gasteiger partial charge in [0.05, 0.1) is 30.6 Å². The van der Waals surface area contributed by atoms with E-state index < -0.39 is 16.0 Å². The largest absolute Gasteiger partial charge is 0.466 e. The molecule has 0 unspecified atom stereocenters. The molecule has 0 aliphatic carbocycles. The van der Waals surface area contributed by atoms with Gasteiger partial charge in [0.1, 0.15) is 10.6 Å². The zero-order valence-electron chi connectivity index (χ0n) is 17.1. The van der Waals surface area contributed by atoms with Crippen LogP contribution in [0.4, 0.5) is 5.13 Å². The van der Waals surface area contributed by atoms with E-state index in [1.54, 1.807) is 24.4 Å². The summed E-state index contributed by atoms with van der Waals surface area (Å²) in [5.41, 5.74) is 2.17. The van der Waals surface area contributed by atoms with Crippen LogP contribution >= 0.6 is 11.3 Å². The normalized spacial score (nSPS) is 11.3. The topological polar surface area (TPSA) is 103 Å². The SMILES string of the molecule is CCOC(=O)Cc1csc(NS(=O)(=O)c2cn(-c3ccccc3)nc2-c2ccccc2)n1. The summed E-state index contributed by atoms with van der Waals surface area (Å²) in [5.74, 6) is -0.414. The van der Waals surface area contributed by atoms with E-state index in [0.717, 1.165) is 17.0 Å². The average Bonchev–Trinajstić information content (AvgIpc) is 3.42. The Bertz CT molecular complexity index is 1320. The van der Waals surface area contributed by atoms with Crippen molar-refractivity contribution < 1.29 is 17.9 Å². The maximum atomic E-state index is 13.3. The number of nitrogens with one attached hydrogen (secondary N) is 1. The number of benzene rings is 2. The van der Waals surface area contributed by atoms with Crippen LogP contribution in [0.2, 0.25) is 0 Å². The summed E-state index contributed by atoms with van der Waals surface area (Å²) in [7, 11) is -4.01. The Morgan fingerprint density at radius 3 is 2.47 bits per heavy atom. The first-order valence-electron chi connectivity index (χ1n) is 9.79. The molecule has 2 aromatic carbocycles. The summed E-state index contributed by atoms with van der Waals surface area (Å²) in [4.78, 5) is 15.9. The lowest BCUT2D eigenvalue weighted by molar-refractivity contribution is -0.142. The average molecular weight is 469 g/mol. The Balaban J connectivity index is 1.68. The smallest absolute Gasteiger partial charge is 0.311 e. The predicted molar refractivity (Wildman–Crippen MR) is 122 cm³/mol. The summed E-state index contributed by atoms with van der Waals surface area (Å²) >= 11 is 1.10. The number of thiazole rings is 1. The lowest BCUT2D eigenvalue weighted by atomic mass is 10.2. The van der Waals surface area contributed by atoms with Gasteiger partial charge in [-0.25, -0.2) is 18.1 Å². The monoisotopic (exact) mass is 468 g/mol. The van der Waals surface area contributed by atoms with Gasteiger partial charge < -0.3 is 4.74 Å². The molecule has 0 aliphatic heterocycles. The molecule has 32 heavy (non-hydrogen) atoms. The molecule has 4 aromatic rings. The van der Waals surface area contributed by atoms with Crippen LogP contribution in [0.1, 0.15) is 12.6 Å². The minimum absolute atomic E-state index is 0.0206. The summed E-state index contributed by atoms with van der Waals surface area (Å²) in [6, 6.07) is 18.4. The predicted octanol–water partition coefficient (Wildman–Crippen LogP) is 3.90. The number of ether oxygens (including phenoxy) is 1. The number of hydrogen-bond donors (Lipinski definition) is 1. The number of carbonyl (C=O) groups excluding carboxylic acids is 1. The minimum atomic E-state index is -4.01. The lowest BCUT2D eigenvalue weighted by Crippen LogP contribution is -2.13. The number of esters is 1. The van der Waals surface area contributed by atoms with Crippen molar-refractivity contribution in [2.45, 2.75) is 18.2 Å². The van der Waals surface area contributed by atoms with Gasteiger partial charge in [-0.05, 0) is 19.1 Å². The van der Waals surface area contributed by atoms with Crippen molar-refractivity contribution in [2.24, 2.45) is 0 Å². The lowest BCUT2D eigenvalue weighted by Gasteiger charge is -2.05. The van der Waals surface area contributed by atoms with Crippen LogP contribution in [0, 0.1) is 0 Å². The van der Waals surface area contributed by atoms with Crippen molar-refractivity contribution in [2.75, 3.05) is 11.3 Å². The van der Waals surface area contributed by atoms with Gasteiger partial charge in [-0.2, -0.15) is 5.10 Å². The van der Waals surface area contributed by atoms with Crippen molar-refractivity contribution in [3.8, 4) is 16.9 Å². The fraction of sp³-hybridized carbons (Fsp3) is 0.136. The quantitative estimate of drug-likeness (QED) is 0.394. The number of rotatable bonds is 8. The first kappa shape index (κ1) is 21.7. The van der Waals surface area contributed by atoms with Gasteiger partial charge in [0.2, 0.25) is 0 Å². The standard InChI is InChI=1S/C22H20N4O4S2/c1-2-30-20(27)13-17-15-31-22(23-17)25-32(28,29)19-14-26(18-11-7-4-8-12-18)24-21(19)16-9-5-3-6-10-16/h3-12,14-15H,2,13H2,1H3,(H,23,25). The number of nitrogens with zero attached hydrogens (tertiary/aromatic N) is 3. The molecule has 1 N–H and O–H groups in total. The summed E-state index contributed by atoms with van der Waals surface area (Å²) < 4.78 is 35.5. The van der Waals surface area contributed by atoms with Crippen LogP contribution < -0.4 is 4.72 Å². The van der Waals surface area contributed by atoms with Crippen LogP contribution in [0.3, 0.4) is 0 Å². The van der Waals surface area contributed by atoms with Gasteiger partial charge in [0, 0.05) is 10.9 Å². The fourth-order valence-corrected chi connectivity index (χ4v) is 5.14. The Labute approximate surface area is 189 Å². The Kier molecular flexibility index (Phi) is 6.33. The molecule has 8 nitrogen and oxygen atoms in total. The molecule has 0 amide bonds. The van der Waals surface area contributed by atoms with E-state index in [1.165, 1.54) is 10.9 Å². The van der Waals surface area contributed by atoms with E-state index >= 15 is 0 Å². The van der Waals surface area contributed by atoms with Crippen molar-refractivity contribution in [3.63, 3.8) is 0 Å². The van der Waals surface area contributed by atoms with E-state index in [2.05, 4.69) is 14.8 Å². The van der Waals surface area contributed by atoms with E-state index in [0.29, 0.717) is 17.0 Å². The van der Waals surface area contributed by atoms with E-state index in [-0.39, 0.29) is 23.1 Å². The van der Waals surface area contributed by atoms with Crippen molar-refractivity contribution in [3.05, 3.63) is 77.9 Å². The number of hydrogen-bond acceptors (Lipinski definition) is 7. The van der Waals surface area contributed by atoms with Gasteiger partial charge in [-0.1, -0.05) is 48.5 Å². The van der Waals surface area contributed by atoms with Gasteiger partial charge in [-0.15, -0.1) is 11.3 Å². The van der Waals surface area contributed by atoms with E-state index in [4.69, 9.17) is 4.74 Å². The highest BCUT2D eigenvalue weighted by Crippen LogP contribution is 2.29. The number of aromatic nitrogens is 3. The number of carbonyl (C=O) groups is 1. The molecule has 2 aromatic heterocycles. The molecule has 0 atom stereocenters. The first-order valence-corrected chi connectivity index (χ1v) is 12.2. The van der Waals surface area contributed by atoms with Crippen LogP contribution in [-0.2, 0) is 26.0 Å². The van der Waals surface area contributed by atoms with E-state index in [9.17, 15) is 13.2 Å². The third-order valence-corrected chi connectivity index (χ3v) is 6.72. The van der Waals surface area contributed by atoms with Crippen LogP contribution in [0.15, 0.2) is 77.1 Å². The molecular formula is C22H20N4O4S2. The molecule has 10 heteroatoms. The molecule has 4 rings (SSSR count). The molecule has 0 spiro atoms. The number of sulfonamides is 1. The highest BCUT2D eigenvalue weighted by atomic mass is 32.2.